The van der Waals surface area contributed by atoms with Gasteiger partial charge in [-0.3, -0.25) is 0 Å². The molecule has 0 aliphatic carbocycles. The van der Waals surface area contributed by atoms with Crippen molar-refractivity contribution in [3.05, 3.63) is 47.3 Å². The molecule has 0 saturated carbocycles. The number of carbonyl (C=O) groups is 1. The molecule has 4 heteroatoms. The maximum absolute atomic E-state index is 11.2. The van der Waals surface area contributed by atoms with Crippen LogP contribution >= 0.6 is 0 Å². The van der Waals surface area contributed by atoms with E-state index in [4.69, 9.17) is 0 Å². The molecule has 0 bridgehead atoms. The van der Waals surface area contributed by atoms with Crippen molar-refractivity contribution in [1.29, 1.82) is 0 Å². The van der Waals surface area contributed by atoms with Gasteiger partial charge in [-0.2, -0.15) is 5.10 Å². The molecule has 0 radical (unpaired) electrons. The molecule has 4 nitrogen and oxygen atoms in total. The van der Waals surface area contributed by atoms with Crippen molar-refractivity contribution >= 4 is 5.97 Å². The van der Waals surface area contributed by atoms with Crippen LogP contribution < -0.4 is 0 Å². The molecule has 94 valence electrons. The van der Waals surface area contributed by atoms with E-state index in [9.17, 15) is 9.90 Å². The lowest BCUT2D eigenvalue weighted by Crippen LogP contribution is -2.06. The molecular weight excluding hydrogens is 228 g/mol. The number of aryl methyl sites for hydroxylation is 1. The average molecular weight is 244 g/mol. The quantitative estimate of drug-likeness (QED) is 0.903. The highest BCUT2D eigenvalue weighted by Gasteiger charge is 2.13. The first kappa shape index (κ1) is 12.4. The molecule has 1 aromatic heterocycles. The highest BCUT2D eigenvalue weighted by Crippen LogP contribution is 2.18. The van der Waals surface area contributed by atoms with Crippen LogP contribution in [0.25, 0.3) is 5.69 Å². The Balaban J connectivity index is 2.52. The van der Waals surface area contributed by atoms with Gasteiger partial charge in [0.05, 0.1) is 16.9 Å². The molecule has 0 atom stereocenters. The number of carboxylic acid groups (broad SMARTS) is 1. The third-order valence-electron chi connectivity index (χ3n) is 2.83. The molecule has 18 heavy (non-hydrogen) atoms. The van der Waals surface area contributed by atoms with Crippen LogP contribution in [0.15, 0.2) is 30.5 Å². The van der Waals surface area contributed by atoms with Crippen molar-refractivity contribution in [2.24, 2.45) is 0 Å². The van der Waals surface area contributed by atoms with Crippen LogP contribution in [0.4, 0.5) is 0 Å². The first-order chi connectivity index (χ1) is 8.49. The van der Waals surface area contributed by atoms with Gasteiger partial charge in [0.2, 0.25) is 0 Å². The second-order valence-electron chi connectivity index (χ2n) is 4.67. The Labute approximate surface area is 106 Å². The molecule has 0 aliphatic heterocycles. The van der Waals surface area contributed by atoms with Gasteiger partial charge in [-0.15, -0.1) is 0 Å². The summed E-state index contributed by atoms with van der Waals surface area (Å²) in [6, 6.07) is 7.25. The van der Waals surface area contributed by atoms with E-state index in [-0.39, 0.29) is 5.56 Å². The number of aromatic carboxylic acids is 1. The Morgan fingerprint density at radius 1 is 1.33 bits per heavy atom. The minimum Gasteiger partial charge on any atom is -0.478 e. The largest absolute Gasteiger partial charge is 0.478 e. The Bertz CT molecular complexity index is 585. The fraction of sp³-hybridized carbons (Fsp3) is 0.286. The van der Waals surface area contributed by atoms with E-state index in [0.29, 0.717) is 11.6 Å². The Morgan fingerprint density at radius 2 is 2.06 bits per heavy atom. The fourth-order valence-corrected chi connectivity index (χ4v) is 1.80. The second-order valence-corrected chi connectivity index (χ2v) is 4.67. The summed E-state index contributed by atoms with van der Waals surface area (Å²) < 4.78 is 1.62. The molecule has 0 amide bonds. The van der Waals surface area contributed by atoms with Gasteiger partial charge in [0.1, 0.15) is 0 Å². The summed E-state index contributed by atoms with van der Waals surface area (Å²) in [5.41, 5.74) is 2.74. The number of carboxylic acids is 1. The van der Waals surface area contributed by atoms with Crippen LogP contribution in [-0.4, -0.2) is 20.9 Å². The maximum Gasteiger partial charge on any atom is 0.337 e. The molecule has 0 aliphatic rings. The van der Waals surface area contributed by atoms with Gasteiger partial charge in [0.15, 0.2) is 0 Å². The molecule has 0 saturated heterocycles. The van der Waals surface area contributed by atoms with Gasteiger partial charge in [0, 0.05) is 6.20 Å². The first-order valence-electron chi connectivity index (χ1n) is 5.89. The Hall–Kier alpha value is -2.10. The number of hydrogen-bond acceptors (Lipinski definition) is 2. The van der Waals surface area contributed by atoms with Crippen molar-refractivity contribution in [3.8, 4) is 5.69 Å². The first-order valence-corrected chi connectivity index (χ1v) is 5.89. The molecule has 0 spiro atoms. The minimum absolute atomic E-state index is 0.272. The summed E-state index contributed by atoms with van der Waals surface area (Å²) in [4.78, 5) is 11.2. The number of nitrogens with zero attached hydrogens (tertiary/aromatic N) is 2. The molecule has 1 N–H and O–H groups in total. The summed E-state index contributed by atoms with van der Waals surface area (Å²) in [5.74, 6) is -0.611. The highest BCUT2D eigenvalue weighted by molar-refractivity contribution is 5.92. The highest BCUT2D eigenvalue weighted by atomic mass is 16.4. The van der Waals surface area contributed by atoms with Gasteiger partial charge in [-0.05, 0) is 31.0 Å². The topological polar surface area (TPSA) is 55.1 Å². The minimum atomic E-state index is -0.935. The summed E-state index contributed by atoms with van der Waals surface area (Å²) >= 11 is 0. The molecule has 2 rings (SSSR count). The zero-order valence-corrected chi connectivity index (χ0v) is 10.7. The van der Waals surface area contributed by atoms with Crippen molar-refractivity contribution < 1.29 is 9.90 Å². The van der Waals surface area contributed by atoms with Crippen LogP contribution in [0.2, 0.25) is 0 Å². The van der Waals surface area contributed by atoms with Crippen molar-refractivity contribution in [1.82, 2.24) is 9.78 Å². The van der Waals surface area contributed by atoms with E-state index >= 15 is 0 Å². The van der Waals surface area contributed by atoms with Crippen molar-refractivity contribution in [3.63, 3.8) is 0 Å². The van der Waals surface area contributed by atoms with Gasteiger partial charge in [-0.1, -0.05) is 25.5 Å². The SMILES string of the molecule is Cc1ccc(-n2ccc(C(C)C)n2)c(C(=O)O)c1. The van der Waals surface area contributed by atoms with E-state index in [1.807, 2.05) is 19.1 Å². The standard InChI is InChI=1S/C14H16N2O2/c1-9(2)12-6-7-16(15-12)13-5-4-10(3)8-11(13)14(17)18/h4-9H,1-3H3,(H,17,18). The van der Waals surface area contributed by atoms with Crippen LogP contribution in [0, 0.1) is 6.92 Å². The smallest absolute Gasteiger partial charge is 0.337 e. The van der Waals surface area contributed by atoms with Crippen LogP contribution in [0.1, 0.15) is 41.4 Å². The number of rotatable bonds is 3. The lowest BCUT2D eigenvalue weighted by molar-refractivity contribution is 0.0696. The molecule has 0 unspecified atom stereocenters. The van der Waals surface area contributed by atoms with Gasteiger partial charge in [0.25, 0.3) is 0 Å². The van der Waals surface area contributed by atoms with Crippen molar-refractivity contribution in [2.45, 2.75) is 26.7 Å². The number of aromatic nitrogens is 2. The van der Waals surface area contributed by atoms with E-state index in [0.717, 1.165) is 11.3 Å². The molecular formula is C14H16N2O2. The summed E-state index contributed by atoms with van der Waals surface area (Å²) in [6.45, 7) is 5.98. The summed E-state index contributed by atoms with van der Waals surface area (Å²) in [7, 11) is 0. The van der Waals surface area contributed by atoms with E-state index in [2.05, 4.69) is 18.9 Å². The summed E-state index contributed by atoms with van der Waals surface area (Å²) in [6.07, 6.45) is 1.80. The fourth-order valence-electron chi connectivity index (χ4n) is 1.80. The van der Waals surface area contributed by atoms with Crippen molar-refractivity contribution in [2.75, 3.05) is 0 Å². The van der Waals surface area contributed by atoms with Crippen LogP contribution in [-0.2, 0) is 0 Å². The normalized spacial score (nSPS) is 10.9. The predicted octanol–water partition coefficient (Wildman–Crippen LogP) is 3.00. The third-order valence-corrected chi connectivity index (χ3v) is 2.83. The van der Waals surface area contributed by atoms with E-state index < -0.39 is 5.97 Å². The molecule has 0 fully saturated rings. The van der Waals surface area contributed by atoms with E-state index in [1.54, 1.807) is 23.0 Å². The average Bonchev–Trinajstić information content (AvgIpc) is 2.78. The van der Waals surface area contributed by atoms with Crippen LogP contribution in [0.5, 0.6) is 0 Å². The Kier molecular flexibility index (Phi) is 3.19. The number of hydrogen-bond donors (Lipinski definition) is 1. The van der Waals surface area contributed by atoms with Gasteiger partial charge < -0.3 is 5.11 Å². The molecule has 1 aromatic carbocycles. The molecule has 2 aromatic rings. The maximum atomic E-state index is 11.2. The molecule has 1 heterocycles. The predicted molar refractivity (Wildman–Crippen MR) is 69.3 cm³/mol. The van der Waals surface area contributed by atoms with Gasteiger partial charge >= 0.3 is 5.97 Å². The second kappa shape index (κ2) is 4.64. The third kappa shape index (κ3) is 2.27. The zero-order valence-electron chi connectivity index (χ0n) is 10.7. The number of benzene rings is 1. The lowest BCUT2D eigenvalue weighted by Gasteiger charge is -2.07. The zero-order chi connectivity index (χ0) is 13.3. The monoisotopic (exact) mass is 244 g/mol. The Morgan fingerprint density at radius 3 is 2.61 bits per heavy atom. The van der Waals surface area contributed by atoms with E-state index in [1.165, 1.54) is 0 Å². The summed E-state index contributed by atoms with van der Waals surface area (Å²) in [5, 5.41) is 13.6. The lowest BCUT2D eigenvalue weighted by atomic mass is 10.1. The van der Waals surface area contributed by atoms with Gasteiger partial charge in [-0.25, -0.2) is 9.48 Å². The van der Waals surface area contributed by atoms with Crippen LogP contribution in [0.3, 0.4) is 0 Å².